The normalized spacial score (nSPS) is 11.4. The van der Waals surface area contributed by atoms with Crippen LogP contribution < -0.4 is 10.6 Å². The summed E-state index contributed by atoms with van der Waals surface area (Å²) in [4.78, 5) is 31.0. The van der Waals surface area contributed by atoms with Gasteiger partial charge in [0.05, 0.1) is 0 Å². The molecule has 0 spiro atoms. The molecule has 0 radical (unpaired) electrons. The van der Waals surface area contributed by atoms with Gasteiger partial charge in [-0.3, -0.25) is 9.59 Å². The molecule has 2 aromatic rings. The van der Waals surface area contributed by atoms with Gasteiger partial charge in [-0.2, -0.15) is 0 Å². The second kappa shape index (κ2) is 9.46. The molecule has 0 aliphatic carbocycles. The maximum atomic E-state index is 12.5. The molecule has 0 saturated carbocycles. The van der Waals surface area contributed by atoms with E-state index in [1.54, 1.807) is 18.2 Å². The zero-order chi connectivity index (χ0) is 20.7. The zero-order valence-corrected chi connectivity index (χ0v) is 17.4. The topological polar surface area (TPSA) is 74.3 Å². The average Bonchev–Trinajstić information content (AvgIpc) is 2.64. The van der Waals surface area contributed by atoms with Crippen molar-refractivity contribution in [3.8, 4) is 0 Å². The van der Waals surface area contributed by atoms with Gasteiger partial charge >= 0.3 is 0 Å². The maximum Gasteiger partial charge on any atom is 0.274 e. The number of rotatable bonds is 7. The number of carbonyl (C=O) groups excluding carboxylic acids is 2. The summed E-state index contributed by atoms with van der Waals surface area (Å²) in [6, 6.07) is 12.6. The summed E-state index contributed by atoms with van der Waals surface area (Å²) in [6.07, 6.45) is 0.851. The number of hydrogen-bond acceptors (Lipinski definition) is 4. The van der Waals surface area contributed by atoms with Gasteiger partial charge in [0.2, 0.25) is 0 Å². The molecule has 0 saturated heterocycles. The van der Waals surface area contributed by atoms with Gasteiger partial charge in [-0.05, 0) is 62.3 Å². The Hall–Kier alpha value is -2.73. The van der Waals surface area contributed by atoms with Gasteiger partial charge in [0.15, 0.2) is 0 Å². The molecule has 2 N–H and O–H groups in total. The maximum absolute atomic E-state index is 12.5. The lowest BCUT2D eigenvalue weighted by Gasteiger charge is -2.19. The Morgan fingerprint density at radius 3 is 2.14 bits per heavy atom. The molecular weight excluding hydrogens is 352 g/mol. The first-order valence-electron chi connectivity index (χ1n) is 9.49. The molecule has 0 bridgehead atoms. The molecule has 0 aliphatic heterocycles. The highest BCUT2D eigenvalue weighted by atomic mass is 16.2. The quantitative estimate of drug-likeness (QED) is 0.721. The smallest absolute Gasteiger partial charge is 0.274 e. The number of benzene rings is 1. The first kappa shape index (κ1) is 21.6. The monoisotopic (exact) mass is 382 g/mol. The Kier molecular flexibility index (Phi) is 7.29. The average molecular weight is 383 g/mol. The van der Waals surface area contributed by atoms with Gasteiger partial charge < -0.3 is 15.5 Å². The summed E-state index contributed by atoms with van der Waals surface area (Å²) < 4.78 is 0. The van der Waals surface area contributed by atoms with Crippen LogP contribution in [0.5, 0.6) is 0 Å². The van der Waals surface area contributed by atoms with Gasteiger partial charge in [-0.1, -0.05) is 39.0 Å². The molecule has 1 aromatic carbocycles. The molecule has 0 atom stereocenters. The van der Waals surface area contributed by atoms with Crippen molar-refractivity contribution in [3.05, 3.63) is 59.4 Å². The Morgan fingerprint density at radius 1 is 0.964 bits per heavy atom. The summed E-state index contributed by atoms with van der Waals surface area (Å²) in [6.45, 7) is 7.88. The van der Waals surface area contributed by atoms with Gasteiger partial charge in [0.1, 0.15) is 11.4 Å². The summed E-state index contributed by atoms with van der Waals surface area (Å²) in [7, 11) is 3.98. The minimum atomic E-state index is -0.342. The predicted molar refractivity (Wildman–Crippen MR) is 113 cm³/mol. The van der Waals surface area contributed by atoms with E-state index in [0.29, 0.717) is 12.2 Å². The lowest BCUT2D eigenvalue weighted by Crippen LogP contribution is -2.28. The molecule has 0 fully saturated rings. The number of nitrogens with zero attached hydrogens (tertiary/aromatic N) is 2. The number of pyridine rings is 1. The van der Waals surface area contributed by atoms with Crippen molar-refractivity contribution in [1.29, 1.82) is 0 Å². The lowest BCUT2D eigenvalue weighted by molar-refractivity contribution is 0.0947. The lowest BCUT2D eigenvalue weighted by atomic mass is 9.87. The highest BCUT2D eigenvalue weighted by Gasteiger charge is 2.15. The third-order valence-electron chi connectivity index (χ3n) is 4.29. The van der Waals surface area contributed by atoms with Crippen LogP contribution in [0.1, 0.15) is 53.7 Å². The van der Waals surface area contributed by atoms with Crippen LogP contribution in [0, 0.1) is 0 Å². The number of nitrogens with one attached hydrogen (secondary N) is 2. The van der Waals surface area contributed by atoms with E-state index < -0.39 is 0 Å². The molecule has 2 amide bonds. The van der Waals surface area contributed by atoms with E-state index in [1.807, 2.05) is 38.4 Å². The summed E-state index contributed by atoms with van der Waals surface area (Å²) in [5.74, 6) is -0.617. The van der Waals surface area contributed by atoms with Crippen molar-refractivity contribution in [3.63, 3.8) is 0 Å². The highest BCUT2D eigenvalue weighted by molar-refractivity contribution is 6.03. The van der Waals surface area contributed by atoms with Gasteiger partial charge in [0.25, 0.3) is 11.8 Å². The predicted octanol–water partition coefficient (Wildman–Crippen LogP) is 3.31. The first-order chi connectivity index (χ1) is 13.2. The van der Waals surface area contributed by atoms with Crippen LogP contribution in [0.25, 0.3) is 0 Å². The van der Waals surface area contributed by atoms with Crippen LogP contribution in [-0.4, -0.2) is 48.9 Å². The number of amides is 2. The Balaban J connectivity index is 1.98. The minimum absolute atomic E-state index is 0.0539. The molecular formula is C22H30N4O2. The fraction of sp³-hybridized carbons (Fsp3) is 0.409. The molecule has 0 aliphatic rings. The van der Waals surface area contributed by atoms with Crippen molar-refractivity contribution in [2.45, 2.75) is 32.6 Å². The van der Waals surface area contributed by atoms with Crippen molar-refractivity contribution in [1.82, 2.24) is 15.2 Å². The van der Waals surface area contributed by atoms with E-state index in [4.69, 9.17) is 0 Å². The third kappa shape index (κ3) is 6.46. The van der Waals surface area contributed by atoms with Crippen molar-refractivity contribution >= 4 is 17.5 Å². The molecule has 150 valence electrons. The van der Waals surface area contributed by atoms with Crippen molar-refractivity contribution < 1.29 is 9.59 Å². The Labute approximate surface area is 167 Å². The molecule has 1 heterocycles. The summed E-state index contributed by atoms with van der Waals surface area (Å²) in [5, 5.41) is 5.66. The van der Waals surface area contributed by atoms with Gasteiger partial charge in [0, 0.05) is 12.2 Å². The van der Waals surface area contributed by atoms with E-state index in [9.17, 15) is 9.59 Å². The Bertz CT molecular complexity index is 808. The molecule has 6 nitrogen and oxygen atoms in total. The van der Waals surface area contributed by atoms with E-state index in [1.165, 1.54) is 5.56 Å². The summed E-state index contributed by atoms with van der Waals surface area (Å²) in [5.41, 5.74) is 2.38. The molecule has 1 aromatic heterocycles. The molecule has 0 unspecified atom stereocenters. The fourth-order valence-corrected chi connectivity index (χ4v) is 2.62. The summed E-state index contributed by atoms with van der Waals surface area (Å²) >= 11 is 0. The third-order valence-corrected chi connectivity index (χ3v) is 4.29. The SMILES string of the molecule is CN(C)CCCNC(=O)c1cccc(C(=O)Nc2ccc(C(C)(C)C)cc2)n1. The van der Waals surface area contributed by atoms with Crippen LogP contribution in [0.2, 0.25) is 0 Å². The highest BCUT2D eigenvalue weighted by Crippen LogP contribution is 2.23. The minimum Gasteiger partial charge on any atom is -0.351 e. The van der Waals surface area contributed by atoms with E-state index in [2.05, 4.69) is 41.3 Å². The van der Waals surface area contributed by atoms with Crippen LogP contribution in [-0.2, 0) is 5.41 Å². The number of aromatic nitrogens is 1. The van der Waals surface area contributed by atoms with Crippen molar-refractivity contribution in [2.75, 3.05) is 32.5 Å². The van der Waals surface area contributed by atoms with E-state index in [-0.39, 0.29) is 28.6 Å². The number of carbonyl (C=O) groups is 2. The van der Waals surface area contributed by atoms with E-state index in [0.717, 1.165) is 13.0 Å². The zero-order valence-electron chi connectivity index (χ0n) is 17.4. The Morgan fingerprint density at radius 2 is 1.57 bits per heavy atom. The van der Waals surface area contributed by atoms with Crippen LogP contribution in [0.15, 0.2) is 42.5 Å². The first-order valence-corrected chi connectivity index (χ1v) is 9.49. The molecule has 28 heavy (non-hydrogen) atoms. The fourth-order valence-electron chi connectivity index (χ4n) is 2.62. The van der Waals surface area contributed by atoms with E-state index >= 15 is 0 Å². The van der Waals surface area contributed by atoms with Crippen LogP contribution in [0.4, 0.5) is 5.69 Å². The number of hydrogen-bond donors (Lipinski definition) is 2. The number of anilines is 1. The van der Waals surface area contributed by atoms with Crippen molar-refractivity contribution in [2.24, 2.45) is 0 Å². The van der Waals surface area contributed by atoms with Gasteiger partial charge in [-0.15, -0.1) is 0 Å². The second-order valence-corrected chi connectivity index (χ2v) is 8.10. The largest absolute Gasteiger partial charge is 0.351 e. The van der Waals surface area contributed by atoms with Gasteiger partial charge in [-0.25, -0.2) is 4.98 Å². The second-order valence-electron chi connectivity index (χ2n) is 8.10. The van der Waals surface area contributed by atoms with Crippen LogP contribution in [0.3, 0.4) is 0 Å². The standard InChI is InChI=1S/C22H30N4O2/c1-22(2,3)16-10-12-17(13-11-16)24-21(28)19-9-6-8-18(25-19)20(27)23-14-7-15-26(4)5/h6,8-13H,7,14-15H2,1-5H3,(H,23,27)(H,24,28). The molecule has 6 heteroatoms. The molecule has 2 rings (SSSR count). The van der Waals surface area contributed by atoms with Crippen LogP contribution >= 0.6 is 0 Å².